The van der Waals surface area contributed by atoms with Crippen molar-refractivity contribution in [3.8, 4) is 11.5 Å². The van der Waals surface area contributed by atoms with Crippen molar-refractivity contribution < 1.29 is 28.5 Å². The van der Waals surface area contributed by atoms with E-state index >= 15 is 0 Å². The van der Waals surface area contributed by atoms with Crippen LogP contribution in [0.15, 0.2) is 30.3 Å². The first-order valence-electron chi connectivity index (χ1n) is 14.1. The van der Waals surface area contributed by atoms with Gasteiger partial charge in [-0.15, -0.1) is 22.7 Å². The number of nitrogens with one attached hydrogen (secondary N) is 1. The number of methoxy groups -OCH3 is 2. The number of esters is 2. The number of halogens is 3. The monoisotopic (exact) mass is 723 g/mol. The van der Waals surface area contributed by atoms with Crippen LogP contribution in [0.5, 0.6) is 11.5 Å². The first-order chi connectivity index (χ1) is 22.2. The number of fused-ring (bicyclic) bond motifs is 3. The SMILES string of the molecule is COC(=O)CCCc1nc(Cl)c2cc(Cl)sc2n1.COC(=O)CCCc1nc(NCc2ccc3c(c2)OCO3)c2cc(Cl)sc2n1. The van der Waals surface area contributed by atoms with E-state index in [1.807, 2.05) is 24.3 Å². The molecule has 0 atom stereocenters. The van der Waals surface area contributed by atoms with Gasteiger partial charge >= 0.3 is 11.9 Å². The van der Waals surface area contributed by atoms with Gasteiger partial charge < -0.3 is 24.3 Å². The second kappa shape index (κ2) is 15.9. The quantitative estimate of drug-likeness (QED) is 0.106. The minimum absolute atomic E-state index is 0.235. The number of aryl methyl sites for hydroxylation is 2. The molecule has 16 heteroatoms. The van der Waals surface area contributed by atoms with Gasteiger partial charge in [0.05, 0.1) is 33.7 Å². The van der Waals surface area contributed by atoms with Crippen molar-refractivity contribution in [2.75, 3.05) is 26.3 Å². The van der Waals surface area contributed by atoms with Crippen molar-refractivity contribution in [3.05, 3.63) is 61.4 Å². The van der Waals surface area contributed by atoms with Crippen LogP contribution < -0.4 is 14.8 Å². The summed E-state index contributed by atoms with van der Waals surface area (Å²) in [5.74, 6) is 3.04. The summed E-state index contributed by atoms with van der Waals surface area (Å²) in [5.41, 5.74) is 1.05. The number of hydrogen-bond acceptors (Lipinski definition) is 13. The third kappa shape index (κ3) is 8.85. The van der Waals surface area contributed by atoms with E-state index in [0.29, 0.717) is 70.5 Å². The molecule has 6 rings (SSSR count). The maximum atomic E-state index is 11.3. The van der Waals surface area contributed by atoms with E-state index in [4.69, 9.17) is 44.3 Å². The molecule has 0 unspecified atom stereocenters. The van der Waals surface area contributed by atoms with E-state index < -0.39 is 0 Å². The molecule has 0 amide bonds. The van der Waals surface area contributed by atoms with Gasteiger partial charge in [0.15, 0.2) is 11.5 Å². The van der Waals surface area contributed by atoms with Crippen LogP contribution in [0.25, 0.3) is 20.4 Å². The van der Waals surface area contributed by atoms with Gasteiger partial charge in [-0.1, -0.05) is 40.9 Å². The average Bonchev–Trinajstić information content (AvgIpc) is 3.77. The maximum absolute atomic E-state index is 11.3. The fraction of sp³-hybridized carbons (Fsp3) is 0.333. The first-order valence-corrected chi connectivity index (χ1v) is 16.8. The van der Waals surface area contributed by atoms with Crippen LogP contribution >= 0.6 is 57.5 Å². The Labute approximate surface area is 287 Å². The molecular weight excluding hydrogens is 697 g/mol. The molecule has 0 fully saturated rings. The number of thiophene rings is 2. The lowest BCUT2D eigenvalue weighted by molar-refractivity contribution is -0.141. The summed E-state index contributed by atoms with van der Waals surface area (Å²) in [6, 6.07) is 9.45. The van der Waals surface area contributed by atoms with E-state index in [2.05, 4.69) is 34.7 Å². The Morgan fingerprint density at radius 1 is 0.804 bits per heavy atom. The summed E-state index contributed by atoms with van der Waals surface area (Å²) in [6.45, 7) is 0.818. The largest absolute Gasteiger partial charge is 0.469 e. The highest BCUT2D eigenvalue weighted by Gasteiger charge is 2.15. The molecule has 4 aromatic heterocycles. The Bertz CT molecular complexity index is 1870. The van der Waals surface area contributed by atoms with Crippen LogP contribution in [-0.4, -0.2) is 52.9 Å². The third-order valence-electron chi connectivity index (χ3n) is 6.69. The van der Waals surface area contributed by atoms with E-state index in [1.165, 1.54) is 36.9 Å². The van der Waals surface area contributed by atoms with Crippen LogP contribution in [0.4, 0.5) is 5.82 Å². The zero-order valence-electron chi connectivity index (χ0n) is 24.7. The maximum Gasteiger partial charge on any atom is 0.305 e. The highest BCUT2D eigenvalue weighted by molar-refractivity contribution is 7.22. The number of benzene rings is 1. The van der Waals surface area contributed by atoms with Crippen molar-refractivity contribution in [2.24, 2.45) is 0 Å². The van der Waals surface area contributed by atoms with Crippen LogP contribution in [0.1, 0.15) is 42.9 Å². The minimum Gasteiger partial charge on any atom is -0.469 e. The van der Waals surface area contributed by atoms with Crippen LogP contribution in [0, 0.1) is 0 Å². The Morgan fingerprint density at radius 2 is 1.39 bits per heavy atom. The van der Waals surface area contributed by atoms with Gasteiger partial charge in [0.25, 0.3) is 0 Å². The summed E-state index contributed by atoms with van der Waals surface area (Å²) >= 11 is 20.9. The summed E-state index contributed by atoms with van der Waals surface area (Å²) in [4.78, 5) is 41.7. The first kappa shape index (κ1) is 33.9. The smallest absolute Gasteiger partial charge is 0.305 e. The third-order valence-corrected chi connectivity index (χ3v) is 9.29. The molecule has 0 bridgehead atoms. The summed E-state index contributed by atoms with van der Waals surface area (Å²) in [7, 11) is 2.76. The van der Waals surface area contributed by atoms with Crippen LogP contribution in [-0.2, 0) is 38.4 Å². The summed E-state index contributed by atoms with van der Waals surface area (Å²) < 4.78 is 21.3. The Hall–Kier alpha value is -3.49. The van der Waals surface area contributed by atoms with Gasteiger partial charge in [-0.05, 0) is 42.7 Å². The van der Waals surface area contributed by atoms with Crippen molar-refractivity contribution in [1.29, 1.82) is 0 Å². The molecule has 5 heterocycles. The number of carbonyl (C=O) groups excluding carboxylic acids is 2. The number of carbonyl (C=O) groups is 2. The molecule has 0 radical (unpaired) electrons. The van der Waals surface area contributed by atoms with Crippen LogP contribution in [0.2, 0.25) is 13.8 Å². The molecule has 5 aromatic rings. The van der Waals surface area contributed by atoms with Crippen molar-refractivity contribution in [3.63, 3.8) is 0 Å². The normalized spacial score (nSPS) is 11.8. The molecule has 0 saturated carbocycles. The molecule has 0 saturated heterocycles. The Balaban J connectivity index is 0.000000200. The second-order valence-corrected chi connectivity index (χ2v) is 13.5. The standard InChI is InChI=1S/C19H18ClN3O4S.C11H10Cl2N2O2S/c1-25-17(24)4-2-3-16-22-18(12-8-15(20)28-19(12)23-16)21-9-11-5-6-13-14(7-11)27-10-26-13;1-17-9(16)4-2-3-8-14-10(13)6-5-7(12)18-11(6)15-8/h5-8H,2-4,9-10H2,1H3,(H,21,22,23);5H,2-4H2,1H3. The molecule has 1 N–H and O–H groups in total. The lowest BCUT2D eigenvalue weighted by Gasteiger charge is -2.09. The summed E-state index contributed by atoms with van der Waals surface area (Å²) in [5, 5.41) is 5.42. The molecule has 1 aliphatic heterocycles. The van der Waals surface area contributed by atoms with Gasteiger partial charge in [0.1, 0.15) is 32.3 Å². The van der Waals surface area contributed by atoms with Gasteiger partial charge in [0, 0.05) is 32.2 Å². The second-order valence-electron chi connectivity index (χ2n) is 9.86. The topological polar surface area (TPSA) is 135 Å². The Kier molecular flexibility index (Phi) is 11.7. The molecule has 1 aromatic carbocycles. The molecule has 1 aliphatic rings. The van der Waals surface area contributed by atoms with Crippen molar-refractivity contribution in [2.45, 2.75) is 45.1 Å². The molecule has 0 aliphatic carbocycles. The highest BCUT2D eigenvalue weighted by Crippen LogP contribution is 2.35. The zero-order chi connectivity index (χ0) is 32.6. The summed E-state index contributed by atoms with van der Waals surface area (Å²) in [6.07, 6.45) is 3.11. The van der Waals surface area contributed by atoms with Crippen LogP contribution in [0.3, 0.4) is 0 Å². The number of rotatable bonds is 11. The number of hydrogen-bond donors (Lipinski definition) is 1. The van der Waals surface area contributed by atoms with Crippen molar-refractivity contribution in [1.82, 2.24) is 19.9 Å². The van der Waals surface area contributed by atoms with E-state index in [1.54, 1.807) is 6.07 Å². The molecule has 0 spiro atoms. The molecule has 11 nitrogen and oxygen atoms in total. The molecule has 46 heavy (non-hydrogen) atoms. The van der Waals surface area contributed by atoms with E-state index in [-0.39, 0.29) is 18.7 Å². The van der Waals surface area contributed by atoms with Gasteiger partial charge in [-0.2, -0.15) is 0 Å². The minimum atomic E-state index is -0.235. The fourth-order valence-electron chi connectivity index (χ4n) is 4.42. The average molecular weight is 725 g/mol. The number of nitrogens with zero attached hydrogens (tertiary/aromatic N) is 4. The predicted octanol–water partition coefficient (Wildman–Crippen LogP) is 7.68. The van der Waals surface area contributed by atoms with E-state index in [9.17, 15) is 9.59 Å². The molecule has 242 valence electrons. The zero-order valence-corrected chi connectivity index (χ0v) is 28.6. The Morgan fingerprint density at radius 3 is 2.04 bits per heavy atom. The fourth-order valence-corrected chi connectivity index (χ4v) is 6.93. The number of anilines is 1. The lowest BCUT2D eigenvalue weighted by Crippen LogP contribution is -2.06. The highest BCUT2D eigenvalue weighted by atomic mass is 35.5. The van der Waals surface area contributed by atoms with Gasteiger partial charge in [0.2, 0.25) is 6.79 Å². The van der Waals surface area contributed by atoms with E-state index in [0.717, 1.165) is 43.3 Å². The number of aromatic nitrogens is 4. The molecular formula is C30H28Cl3N5O6S2. The van der Waals surface area contributed by atoms with Gasteiger partial charge in [-0.25, -0.2) is 19.9 Å². The predicted molar refractivity (Wildman–Crippen MR) is 180 cm³/mol. The lowest BCUT2D eigenvalue weighted by atomic mass is 10.2. The van der Waals surface area contributed by atoms with Gasteiger partial charge in [-0.3, -0.25) is 9.59 Å². The van der Waals surface area contributed by atoms with Crippen molar-refractivity contribution >= 4 is 95.7 Å². The number of ether oxygens (including phenoxy) is 4.